The zero-order chi connectivity index (χ0) is 27.6. The predicted octanol–water partition coefficient (Wildman–Crippen LogP) is 2.93. The van der Waals surface area contributed by atoms with E-state index in [1.165, 1.54) is 6.07 Å². The summed E-state index contributed by atoms with van der Waals surface area (Å²) in [6, 6.07) is 13.4. The van der Waals surface area contributed by atoms with E-state index in [0.717, 1.165) is 56.5 Å². The number of hydrogen-bond donors (Lipinski definition) is 1. The molecule has 0 bridgehead atoms. The Morgan fingerprint density at radius 3 is 2.73 bits per heavy atom. The van der Waals surface area contributed by atoms with Gasteiger partial charge in [-0.05, 0) is 30.7 Å². The molecule has 3 aromatic heterocycles. The van der Waals surface area contributed by atoms with E-state index in [2.05, 4.69) is 19.4 Å². The summed E-state index contributed by atoms with van der Waals surface area (Å²) in [7, 11) is 0. The molecule has 2 aliphatic heterocycles. The third-order valence-electron chi connectivity index (χ3n) is 7.35. The topological polar surface area (TPSA) is 121 Å². The highest BCUT2D eigenvalue weighted by atomic mass is 19.1. The summed E-state index contributed by atoms with van der Waals surface area (Å²) in [5.74, 6) is 0.614. The number of nitriles is 1. The molecule has 1 atom stereocenters. The monoisotopic (exact) mass is 545 g/mol. The predicted molar refractivity (Wildman–Crippen MR) is 142 cm³/mol. The number of anilines is 1. The van der Waals surface area contributed by atoms with Crippen molar-refractivity contribution in [2.75, 3.05) is 37.7 Å². The molecule has 1 unspecified atom stereocenters. The maximum atomic E-state index is 14.2. The minimum atomic E-state index is -0.973. The van der Waals surface area contributed by atoms with Crippen molar-refractivity contribution in [3.05, 3.63) is 77.0 Å². The second kappa shape index (κ2) is 11.0. The van der Waals surface area contributed by atoms with E-state index < -0.39 is 11.8 Å². The number of benzene rings is 1. The molecule has 4 aromatic rings. The lowest BCUT2D eigenvalue weighted by Crippen LogP contribution is -2.46. The van der Waals surface area contributed by atoms with Crippen molar-refractivity contribution in [1.82, 2.24) is 24.1 Å². The number of carboxylic acid groups (broad SMARTS) is 1. The van der Waals surface area contributed by atoms with Crippen molar-refractivity contribution < 1.29 is 23.8 Å². The quantitative estimate of drug-likeness (QED) is 0.338. The second-order valence-corrected chi connectivity index (χ2v) is 9.95. The molecule has 2 fully saturated rings. The molecule has 1 N–H and O–H groups in total. The number of pyridine rings is 1. The SMILES string of the molecule is N#Cc1ccc(COc2cccc(N3CCN(Cc4nn5cc(C(=O)O)cc5n4CC4CCO4)CC3)n2)c(F)c1. The molecule has 0 amide bonds. The summed E-state index contributed by atoms with van der Waals surface area (Å²) in [4.78, 5) is 20.6. The Morgan fingerprint density at radius 2 is 2.02 bits per heavy atom. The van der Waals surface area contributed by atoms with Crippen LogP contribution in [0.15, 0.2) is 48.7 Å². The fourth-order valence-electron chi connectivity index (χ4n) is 4.98. The van der Waals surface area contributed by atoms with Gasteiger partial charge in [0.15, 0.2) is 0 Å². The smallest absolute Gasteiger partial charge is 0.337 e. The Hall–Kier alpha value is -4.47. The van der Waals surface area contributed by atoms with Gasteiger partial charge < -0.3 is 24.0 Å². The van der Waals surface area contributed by atoms with Gasteiger partial charge in [0.2, 0.25) is 5.88 Å². The first-order valence-corrected chi connectivity index (χ1v) is 13.1. The first-order valence-electron chi connectivity index (χ1n) is 13.1. The summed E-state index contributed by atoms with van der Waals surface area (Å²) in [6.45, 7) is 5.16. The number of nitrogens with zero attached hydrogens (tertiary/aromatic N) is 7. The van der Waals surface area contributed by atoms with Crippen LogP contribution in [0.1, 0.15) is 33.7 Å². The standard InChI is InChI=1S/C28H28FN7O4/c29-23-12-19(14-30)4-5-20(23)18-40-26-3-1-2-24(31-26)34-9-7-33(8-10-34)17-25-32-36-15-21(28(37)38)13-27(36)35(25)16-22-6-11-39-22/h1-5,12-13,15,22H,6-11,16-18H2,(H,37,38). The van der Waals surface area contributed by atoms with Crippen LogP contribution in [0.5, 0.6) is 5.88 Å². The van der Waals surface area contributed by atoms with Crippen LogP contribution in [-0.4, -0.2) is 74.0 Å². The minimum Gasteiger partial charge on any atom is -0.478 e. The molecular weight excluding hydrogens is 517 g/mol. The highest BCUT2D eigenvalue weighted by molar-refractivity contribution is 5.89. The molecule has 40 heavy (non-hydrogen) atoms. The molecule has 11 nitrogen and oxygen atoms in total. The van der Waals surface area contributed by atoms with Crippen LogP contribution in [0, 0.1) is 17.1 Å². The van der Waals surface area contributed by atoms with Crippen LogP contribution >= 0.6 is 0 Å². The Morgan fingerprint density at radius 1 is 1.20 bits per heavy atom. The largest absolute Gasteiger partial charge is 0.478 e. The molecule has 206 valence electrons. The van der Waals surface area contributed by atoms with Crippen LogP contribution in [0.2, 0.25) is 0 Å². The van der Waals surface area contributed by atoms with Crippen LogP contribution < -0.4 is 9.64 Å². The number of carbonyl (C=O) groups is 1. The fraction of sp³-hybridized carbons (Fsp3) is 0.357. The minimum absolute atomic E-state index is 0.0167. The van der Waals surface area contributed by atoms with Crippen LogP contribution in [0.3, 0.4) is 0 Å². The lowest BCUT2D eigenvalue weighted by Gasteiger charge is -2.35. The van der Waals surface area contributed by atoms with Crippen molar-refractivity contribution in [2.24, 2.45) is 0 Å². The van der Waals surface area contributed by atoms with Gasteiger partial charge in [-0.2, -0.15) is 15.3 Å². The Balaban J connectivity index is 1.08. The highest BCUT2D eigenvalue weighted by Gasteiger charge is 2.25. The van der Waals surface area contributed by atoms with Crippen molar-refractivity contribution in [3.8, 4) is 11.9 Å². The molecule has 2 saturated heterocycles. The number of rotatable bonds is 9. The lowest BCUT2D eigenvalue weighted by atomic mass is 10.1. The summed E-state index contributed by atoms with van der Waals surface area (Å²) in [5, 5.41) is 23.0. The number of hydrogen-bond acceptors (Lipinski definition) is 8. The van der Waals surface area contributed by atoms with E-state index in [1.807, 2.05) is 18.2 Å². The van der Waals surface area contributed by atoms with E-state index in [1.54, 1.807) is 35.0 Å². The summed E-state index contributed by atoms with van der Waals surface area (Å²) < 4.78 is 29.3. The van der Waals surface area contributed by atoms with E-state index in [0.29, 0.717) is 24.5 Å². The zero-order valence-corrected chi connectivity index (χ0v) is 21.7. The van der Waals surface area contributed by atoms with Gasteiger partial charge in [0.05, 0.1) is 36.4 Å². The Kier molecular flexibility index (Phi) is 7.06. The first kappa shape index (κ1) is 25.8. The van der Waals surface area contributed by atoms with Gasteiger partial charge in [-0.25, -0.2) is 13.7 Å². The van der Waals surface area contributed by atoms with E-state index in [4.69, 9.17) is 19.8 Å². The average molecular weight is 546 g/mol. The number of aromatic carboxylic acids is 1. The van der Waals surface area contributed by atoms with Gasteiger partial charge in [-0.3, -0.25) is 4.90 Å². The van der Waals surface area contributed by atoms with Gasteiger partial charge in [0.25, 0.3) is 0 Å². The average Bonchev–Trinajstić information content (AvgIpc) is 3.49. The number of piperazine rings is 1. The third-order valence-corrected chi connectivity index (χ3v) is 7.35. The molecule has 5 heterocycles. The summed E-state index contributed by atoms with van der Waals surface area (Å²) in [6.07, 6.45) is 2.65. The fourth-order valence-corrected chi connectivity index (χ4v) is 4.98. The molecule has 2 aliphatic rings. The molecule has 12 heteroatoms. The summed E-state index contributed by atoms with van der Waals surface area (Å²) in [5.41, 5.74) is 1.59. The molecule has 0 aliphatic carbocycles. The Labute approximate surface area is 229 Å². The van der Waals surface area contributed by atoms with Gasteiger partial charge in [-0.15, -0.1) is 0 Å². The number of aromatic nitrogens is 4. The van der Waals surface area contributed by atoms with Gasteiger partial charge >= 0.3 is 5.97 Å². The molecule has 0 radical (unpaired) electrons. The van der Waals surface area contributed by atoms with Crippen molar-refractivity contribution in [3.63, 3.8) is 0 Å². The van der Waals surface area contributed by atoms with Crippen LogP contribution in [0.25, 0.3) is 5.65 Å². The second-order valence-electron chi connectivity index (χ2n) is 9.95. The first-order chi connectivity index (χ1) is 19.5. The maximum Gasteiger partial charge on any atom is 0.337 e. The van der Waals surface area contributed by atoms with Crippen molar-refractivity contribution in [2.45, 2.75) is 32.2 Å². The molecule has 0 spiro atoms. The molecular formula is C28H28FN7O4. The van der Waals surface area contributed by atoms with Gasteiger partial charge in [0, 0.05) is 50.6 Å². The van der Waals surface area contributed by atoms with Crippen LogP contribution in [-0.2, 0) is 24.4 Å². The van der Waals surface area contributed by atoms with E-state index >= 15 is 0 Å². The van der Waals surface area contributed by atoms with Gasteiger partial charge in [-0.1, -0.05) is 12.1 Å². The zero-order valence-electron chi connectivity index (χ0n) is 21.7. The molecule has 6 rings (SSSR count). The van der Waals surface area contributed by atoms with Gasteiger partial charge in [0.1, 0.15) is 29.7 Å². The number of carboxylic acids is 1. The highest BCUT2D eigenvalue weighted by Crippen LogP contribution is 2.22. The molecule has 1 aromatic carbocycles. The van der Waals surface area contributed by atoms with E-state index in [-0.39, 0.29) is 23.8 Å². The maximum absolute atomic E-state index is 14.2. The third kappa shape index (κ3) is 5.34. The molecule has 0 saturated carbocycles. The Bertz CT molecular complexity index is 1580. The number of halogens is 1. The van der Waals surface area contributed by atoms with E-state index in [9.17, 15) is 14.3 Å². The number of fused-ring (bicyclic) bond motifs is 1. The lowest BCUT2D eigenvalue weighted by molar-refractivity contribution is -0.0592. The van der Waals surface area contributed by atoms with Crippen molar-refractivity contribution in [1.29, 1.82) is 5.26 Å². The van der Waals surface area contributed by atoms with Crippen LogP contribution in [0.4, 0.5) is 10.2 Å². The van der Waals surface area contributed by atoms with Crippen molar-refractivity contribution >= 4 is 17.4 Å². The normalized spacial score (nSPS) is 17.5. The summed E-state index contributed by atoms with van der Waals surface area (Å²) >= 11 is 0. The number of ether oxygens (including phenoxy) is 2.